The highest BCUT2D eigenvalue weighted by atomic mass is 19.1. The fourth-order valence-electron chi connectivity index (χ4n) is 4.99. The zero-order chi connectivity index (χ0) is 20.6. The number of halogens is 1. The van der Waals surface area contributed by atoms with E-state index in [0.717, 1.165) is 19.3 Å². The van der Waals surface area contributed by atoms with Crippen molar-refractivity contribution in [2.24, 2.45) is 0 Å². The normalized spacial score (nSPS) is 19.8. The van der Waals surface area contributed by atoms with Crippen molar-refractivity contribution in [3.05, 3.63) is 71.0 Å². The van der Waals surface area contributed by atoms with Gasteiger partial charge in [-0.3, -0.25) is 9.59 Å². The molecule has 1 heterocycles. The van der Waals surface area contributed by atoms with Gasteiger partial charge in [-0.15, -0.1) is 0 Å². The Labute approximate surface area is 171 Å². The highest BCUT2D eigenvalue weighted by Crippen LogP contribution is 2.52. The Hall–Kier alpha value is -2.69. The van der Waals surface area contributed by atoms with Crippen LogP contribution in [0.2, 0.25) is 0 Å². The van der Waals surface area contributed by atoms with Crippen LogP contribution in [0.3, 0.4) is 0 Å². The molecule has 5 heteroatoms. The van der Waals surface area contributed by atoms with E-state index in [-0.39, 0.29) is 29.0 Å². The van der Waals surface area contributed by atoms with Crippen molar-refractivity contribution in [2.75, 3.05) is 27.2 Å². The van der Waals surface area contributed by atoms with E-state index in [1.54, 1.807) is 31.1 Å². The van der Waals surface area contributed by atoms with Crippen LogP contribution in [0, 0.1) is 5.82 Å². The Bertz CT molecular complexity index is 915. The summed E-state index contributed by atoms with van der Waals surface area (Å²) in [4.78, 5) is 28.7. The van der Waals surface area contributed by atoms with Crippen LogP contribution < -0.4 is 0 Å². The van der Waals surface area contributed by atoms with Crippen molar-refractivity contribution in [1.29, 1.82) is 0 Å². The van der Waals surface area contributed by atoms with Gasteiger partial charge < -0.3 is 9.80 Å². The fraction of sp³-hybridized carbons (Fsp3) is 0.417. The van der Waals surface area contributed by atoms with Gasteiger partial charge in [-0.05, 0) is 66.0 Å². The van der Waals surface area contributed by atoms with E-state index in [1.165, 1.54) is 23.3 Å². The molecule has 2 amide bonds. The molecular formula is C24H27FN2O2. The first-order chi connectivity index (χ1) is 13.9. The monoisotopic (exact) mass is 394 g/mol. The number of benzene rings is 2. The second kappa shape index (κ2) is 7.62. The molecule has 4 rings (SSSR count). The van der Waals surface area contributed by atoms with E-state index < -0.39 is 0 Å². The van der Waals surface area contributed by atoms with Gasteiger partial charge in [0.1, 0.15) is 5.82 Å². The molecule has 29 heavy (non-hydrogen) atoms. The molecule has 1 aliphatic carbocycles. The Kier molecular flexibility index (Phi) is 5.15. The molecule has 0 radical (unpaired) electrons. The number of likely N-dealkylation sites (tertiary alicyclic amines) is 1. The van der Waals surface area contributed by atoms with Crippen molar-refractivity contribution in [3.8, 4) is 0 Å². The molecule has 2 aromatic rings. The lowest BCUT2D eigenvalue weighted by Gasteiger charge is -2.40. The number of piperidine rings is 1. The van der Waals surface area contributed by atoms with E-state index in [1.807, 2.05) is 4.90 Å². The molecule has 0 N–H and O–H groups in total. The third-order valence-electron chi connectivity index (χ3n) is 6.63. The van der Waals surface area contributed by atoms with Crippen LogP contribution in [0.25, 0.3) is 0 Å². The molecule has 152 valence electrons. The standard InChI is InChI=1S/C24H27FN2O2/c1-26(2)22(28)15-18-16-24(21-6-4-3-5-20(18)21)11-13-27(14-12-24)23(29)17-7-9-19(25)10-8-17/h3-10,18H,11-16H2,1-2H3/t18-/m0/s1. The van der Waals surface area contributed by atoms with Gasteiger partial charge in [-0.25, -0.2) is 4.39 Å². The van der Waals surface area contributed by atoms with Crippen molar-refractivity contribution in [2.45, 2.75) is 37.0 Å². The number of amides is 2. The number of hydrogen-bond donors (Lipinski definition) is 0. The number of fused-ring (bicyclic) bond motifs is 2. The lowest BCUT2D eigenvalue weighted by atomic mass is 9.73. The highest BCUT2D eigenvalue weighted by molar-refractivity contribution is 5.94. The molecular weight excluding hydrogens is 367 g/mol. The van der Waals surface area contributed by atoms with Crippen molar-refractivity contribution >= 4 is 11.8 Å². The molecule has 4 nitrogen and oxygen atoms in total. The third kappa shape index (κ3) is 3.66. The SMILES string of the molecule is CN(C)C(=O)C[C@H]1CC2(CCN(C(=O)c3ccc(F)cc3)CC2)c2ccccc21. The first-order valence-corrected chi connectivity index (χ1v) is 10.2. The van der Waals surface area contributed by atoms with Crippen LogP contribution in [0.5, 0.6) is 0 Å². The summed E-state index contributed by atoms with van der Waals surface area (Å²) in [5, 5.41) is 0. The number of carbonyl (C=O) groups is 2. The zero-order valence-corrected chi connectivity index (χ0v) is 17.0. The highest BCUT2D eigenvalue weighted by Gasteiger charge is 2.46. The molecule has 1 aliphatic heterocycles. The summed E-state index contributed by atoms with van der Waals surface area (Å²) < 4.78 is 13.2. The quantitative estimate of drug-likeness (QED) is 0.791. The van der Waals surface area contributed by atoms with Gasteiger partial charge >= 0.3 is 0 Å². The minimum Gasteiger partial charge on any atom is -0.349 e. The number of hydrogen-bond acceptors (Lipinski definition) is 2. The third-order valence-corrected chi connectivity index (χ3v) is 6.63. The zero-order valence-electron chi connectivity index (χ0n) is 17.0. The van der Waals surface area contributed by atoms with E-state index in [0.29, 0.717) is 25.1 Å². The molecule has 1 atom stereocenters. The smallest absolute Gasteiger partial charge is 0.253 e. The molecule has 0 saturated carbocycles. The van der Waals surface area contributed by atoms with Crippen LogP contribution in [-0.2, 0) is 10.2 Å². The second-order valence-electron chi connectivity index (χ2n) is 8.56. The van der Waals surface area contributed by atoms with Crippen molar-refractivity contribution < 1.29 is 14.0 Å². The molecule has 0 aromatic heterocycles. The average Bonchev–Trinajstić information content (AvgIpc) is 3.02. The van der Waals surface area contributed by atoms with Gasteiger partial charge in [0, 0.05) is 39.2 Å². The Morgan fingerprint density at radius 3 is 2.38 bits per heavy atom. The van der Waals surface area contributed by atoms with Gasteiger partial charge in [0.25, 0.3) is 5.91 Å². The summed E-state index contributed by atoms with van der Waals surface area (Å²) in [7, 11) is 3.61. The number of rotatable bonds is 3. The second-order valence-corrected chi connectivity index (χ2v) is 8.56. The maximum Gasteiger partial charge on any atom is 0.253 e. The maximum atomic E-state index is 13.2. The minimum absolute atomic E-state index is 0.0351. The predicted molar refractivity (Wildman–Crippen MR) is 110 cm³/mol. The largest absolute Gasteiger partial charge is 0.349 e. The fourth-order valence-corrected chi connectivity index (χ4v) is 4.99. The van der Waals surface area contributed by atoms with Gasteiger partial charge in [0.15, 0.2) is 0 Å². The molecule has 1 saturated heterocycles. The first-order valence-electron chi connectivity index (χ1n) is 10.2. The van der Waals surface area contributed by atoms with Gasteiger partial charge in [0.05, 0.1) is 0 Å². The first kappa shape index (κ1) is 19.6. The summed E-state index contributed by atoms with van der Waals surface area (Å²) >= 11 is 0. The topological polar surface area (TPSA) is 40.6 Å². The van der Waals surface area contributed by atoms with Crippen molar-refractivity contribution in [3.63, 3.8) is 0 Å². The minimum atomic E-state index is -0.333. The molecule has 2 aromatic carbocycles. The summed E-state index contributed by atoms with van der Waals surface area (Å²) in [5.41, 5.74) is 3.21. The number of carbonyl (C=O) groups excluding carboxylic acids is 2. The van der Waals surface area contributed by atoms with Crippen LogP contribution in [0.15, 0.2) is 48.5 Å². The Balaban J connectivity index is 1.51. The van der Waals surface area contributed by atoms with E-state index in [2.05, 4.69) is 24.3 Å². The average molecular weight is 394 g/mol. The van der Waals surface area contributed by atoms with E-state index in [9.17, 15) is 14.0 Å². The van der Waals surface area contributed by atoms with E-state index in [4.69, 9.17) is 0 Å². The molecule has 1 fully saturated rings. The Morgan fingerprint density at radius 1 is 1.07 bits per heavy atom. The predicted octanol–water partition coefficient (Wildman–Crippen LogP) is 3.97. The summed E-state index contributed by atoms with van der Waals surface area (Å²) in [6.45, 7) is 1.36. The lowest BCUT2D eigenvalue weighted by molar-refractivity contribution is -0.129. The Morgan fingerprint density at radius 2 is 1.72 bits per heavy atom. The van der Waals surface area contributed by atoms with Crippen molar-refractivity contribution in [1.82, 2.24) is 9.80 Å². The summed E-state index contributed by atoms with van der Waals surface area (Å²) in [6.07, 6.45) is 3.28. The summed E-state index contributed by atoms with van der Waals surface area (Å²) in [5.74, 6) is 0.0247. The van der Waals surface area contributed by atoms with E-state index >= 15 is 0 Å². The van der Waals surface area contributed by atoms with Gasteiger partial charge in [0.2, 0.25) is 5.91 Å². The molecule has 2 aliphatic rings. The molecule has 0 bridgehead atoms. The lowest BCUT2D eigenvalue weighted by Crippen LogP contribution is -2.44. The van der Waals surface area contributed by atoms with Crippen LogP contribution in [0.4, 0.5) is 4.39 Å². The van der Waals surface area contributed by atoms with Crippen LogP contribution in [0.1, 0.15) is 53.1 Å². The van der Waals surface area contributed by atoms with Gasteiger partial charge in [-0.2, -0.15) is 0 Å². The maximum absolute atomic E-state index is 13.2. The summed E-state index contributed by atoms with van der Waals surface area (Å²) in [6, 6.07) is 14.3. The van der Waals surface area contributed by atoms with Gasteiger partial charge in [-0.1, -0.05) is 24.3 Å². The molecule has 1 spiro atoms. The van der Waals surface area contributed by atoms with Crippen LogP contribution in [-0.4, -0.2) is 48.8 Å². The van der Waals surface area contributed by atoms with Crippen LogP contribution >= 0.6 is 0 Å². The number of nitrogens with zero attached hydrogens (tertiary/aromatic N) is 2. The molecule has 0 unspecified atom stereocenters.